The highest BCUT2D eigenvalue weighted by Gasteiger charge is 2.35. The minimum atomic E-state index is -3.13. The van der Waals surface area contributed by atoms with Crippen LogP contribution in [0.15, 0.2) is 36.4 Å². The minimum absolute atomic E-state index is 0.00322. The smallest absolute Gasteiger partial charge is 0.351 e. The van der Waals surface area contributed by atoms with Crippen LogP contribution in [-0.2, 0) is 24.1 Å². The van der Waals surface area contributed by atoms with E-state index in [9.17, 15) is 18.0 Å². The summed E-state index contributed by atoms with van der Waals surface area (Å²) < 4.78 is 36.4. The summed E-state index contributed by atoms with van der Waals surface area (Å²) in [7, 11) is -1.89. The lowest BCUT2D eigenvalue weighted by Gasteiger charge is -2.17. The highest BCUT2D eigenvalue weighted by atomic mass is 32.2. The zero-order chi connectivity index (χ0) is 24.0. The fourth-order valence-corrected chi connectivity index (χ4v) is 6.15. The Bertz CT molecular complexity index is 1380. The Morgan fingerprint density at radius 3 is 2.50 bits per heavy atom. The Morgan fingerprint density at radius 1 is 1.15 bits per heavy atom. The molecular formula is C24H25N3O6S. The summed E-state index contributed by atoms with van der Waals surface area (Å²) in [5.74, 6) is -1.03. The van der Waals surface area contributed by atoms with E-state index >= 15 is 0 Å². The summed E-state index contributed by atoms with van der Waals surface area (Å²) in [4.78, 5) is 30.7. The number of ether oxygens (including phenoxy) is 2. The molecule has 0 N–H and O–H groups in total. The van der Waals surface area contributed by atoms with Gasteiger partial charge in [0.15, 0.2) is 15.5 Å². The third kappa shape index (κ3) is 4.18. The van der Waals surface area contributed by atoms with Crippen molar-refractivity contribution in [3.8, 4) is 0 Å². The van der Waals surface area contributed by atoms with Gasteiger partial charge in [0.1, 0.15) is 0 Å². The SMILES string of the molecule is COC(=O)C(OC(=O)c1cc(C2CC2)nc2c1c(C)nn2C1CCS(=O)(=O)C1)c1ccccc1. The van der Waals surface area contributed by atoms with Crippen LogP contribution in [0.25, 0.3) is 11.0 Å². The number of pyridine rings is 1. The number of rotatable bonds is 6. The Kier molecular flexibility index (Phi) is 5.63. The quantitative estimate of drug-likeness (QED) is 0.491. The average molecular weight is 484 g/mol. The number of esters is 2. The maximum absolute atomic E-state index is 13.5. The fraction of sp³-hybridized carbons (Fsp3) is 0.417. The first-order valence-corrected chi connectivity index (χ1v) is 13.0. The fourth-order valence-electron chi connectivity index (χ4n) is 4.46. The number of nitrogens with zero attached hydrogens (tertiary/aromatic N) is 3. The molecule has 1 aromatic carbocycles. The molecule has 178 valence electrons. The van der Waals surface area contributed by atoms with E-state index in [1.807, 2.05) is 0 Å². The zero-order valence-electron chi connectivity index (χ0n) is 18.9. The Labute approximate surface area is 197 Å². The van der Waals surface area contributed by atoms with Gasteiger partial charge in [-0.25, -0.2) is 27.7 Å². The van der Waals surface area contributed by atoms with Crippen LogP contribution in [0.2, 0.25) is 0 Å². The van der Waals surface area contributed by atoms with Crippen LogP contribution in [0, 0.1) is 6.92 Å². The number of hydrogen-bond donors (Lipinski definition) is 0. The molecule has 2 aliphatic rings. The molecule has 0 amide bonds. The standard InChI is InChI=1S/C24H25N3O6S/c1-14-20-18(23(28)33-21(24(29)32-2)16-6-4-3-5-7-16)12-19(15-8-9-15)25-22(20)27(26-14)17-10-11-34(30,31)13-17/h3-7,12,15,17,21H,8-11,13H2,1-2H3. The van der Waals surface area contributed by atoms with Crippen molar-refractivity contribution in [2.75, 3.05) is 18.6 Å². The minimum Gasteiger partial charge on any atom is -0.466 e. The molecule has 2 unspecified atom stereocenters. The molecule has 0 spiro atoms. The molecular weight excluding hydrogens is 458 g/mol. The highest BCUT2D eigenvalue weighted by Crippen LogP contribution is 2.41. The van der Waals surface area contributed by atoms with Gasteiger partial charge in [0.2, 0.25) is 6.10 Å². The van der Waals surface area contributed by atoms with Gasteiger partial charge in [-0.2, -0.15) is 5.10 Å². The largest absolute Gasteiger partial charge is 0.466 e. The normalized spacial score (nSPS) is 20.2. The summed E-state index contributed by atoms with van der Waals surface area (Å²) in [6.07, 6.45) is 1.16. The maximum atomic E-state index is 13.5. The molecule has 2 aromatic heterocycles. The third-order valence-corrected chi connectivity index (χ3v) is 8.12. The van der Waals surface area contributed by atoms with Crippen LogP contribution in [-0.4, -0.2) is 53.7 Å². The maximum Gasteiger partial charge on any atom is 0.351 e. The molecule has 1 aliphatic carbocycles. The number of carbonyl (C=O) groups excluding carboxylic acids is 2. The van der Waals surface area contributed by atoms with Gasteiger partial charge in [0.25, 0.3) is 0 Å². The van der Waals surface area contributed by atoms with E-state index in [-0.39, 0.29) is 29.0 Å². The first kappa shape index (κ1) is 22.5. The van der Waals surface area contributed by atoms with Gasteiger partial charge in [-0.3, -0.25) is 0 Å². The van der Waals surface area contributed by atoms with Crippen molar-refractivity contribution in [2.45, 2.75) is 44.2 Å². The van der Waals surface area contributed by atoms with Gasteiger partial charge in [-0.15, -0.1) is 0 Å². The predicted molar refractivity (Wildman–Crippen MR) is 123 cm³/mol. The molecule has 9 nitrogen and oxygen atoms in total. The summed E-state index contributed by atoms with van der Waals surface area (Å²) in [6, 6.07) is 10.1. The molecule has 3 heterocycles. The van der Waals surface area contributed by atoms with Crippen molar-refractivity contribution in [2.24, 2.45) is 0 Å². The molecule has 1 saturated heterocycles. The molecule has 0 bridgehead atoms. The van der Waals surface area contributed by atoms with Crippen molar-refractivity contribution in [1.29, 1.82) is 0 Å². The molecule has 3 aromatic rings. The first-order chi connectivity index (χ1) is 16.3. The van der Waals surface area contributed by atoms with E-state index in [0.29, 0.717) is 28.7 Å². The number of aromatic nitrogens is 3. The molecule has 1 saturated carbocycles. The Hall–Kier alpha value is -3.27. The summed E-state index contributed by atoms with van der Waals surface area (Å²) >= 11 is 0. The first-order valence-electron chi connectivity index (χ1n) is 11.2. The number of aryl methyl sites for hydroxylation is 1. The van der Waals surface area contributed by atoms with Gasteiger partial charge >= 0.3 is 11.9 Å². The number of sulfone groups is 1. The second-order valence-corrected chi connectivity index (χ2v) is 11.1. The second kappa shape index (κ2) is 8.50. The topological polar surface area (TPSA) is 117 Å². The highest BCUT2D eigenvalue weighted by molar-refractivity contribution is 7.91. The number of fused-ring (bicyclic) bond motifs is 1. The van der Waals surface area contributed by atoms with Crippen LogP contribution in [0.1, 0.15) is 64.6 Å². The summed E-state index contributed by atoms with van der Waals surface area (Å²) in [5, 5.41) is 5.09. The predicted octanol–water partition coefficient (Wildman–Crippen LogP) is 3.05. The Morgan fingerprint density at radius 2 is 1.88 bits per heavy atom. The van der Waals surface area contributed by atoms with Crippen molar-refractivity contribution >= 4 is 32.8 Å². The van der Waals surface area contributed by atoms with Gasteiger partial charge in [0.05, 0.1) is 41.3 Å². The van der Waals surface area contributed by atoms with Crippen LogP contribution in [0.5, 0.6) is 0 Å². The summed E-state index contributed by atoms with van der Waals surface area (Å²) in [5.41, 5.74) is 2.54. The molecule has 34 heavy (non-hydrogen) atoms. The number of methoxy groups -OCH3 is 1. The van der Waals surface area contributed by atoms with Gasteiger partial charge in [-0.05, 0) is 32.3 Å². The third-order valence-electron chi connectivity index (χ3n) is 6.37. The second-order valence-electron chi connectivity index (χ2n) is 8.87. The number of carbonyl (C=O) groups is 2. The molecule has 5 rings (SSSR count). The Balaban J connectivity index is 1.58. The van der Waals surface area contributed by atoms with Gasteiger partial charge in [0, 0.05) is 17.2 Å². The number of benzene rings is 1. The van der Waals surface area contributed by atoms with Crippen molar-refractivity contribution in [3.63, 3.8) is 0 Å². The van der Waals surface area contributed by atoms with E-state index in [2.05, 4.69) is 5.10 Å². The lowest BCUT2D eigenvalue weighted by atomic mass is 10.1. The van der Waals surface area contributed by atoms with Crippen molar-refractivity contribution in [3.05, 3.63) is 58.9 Å². The molecule has 2 atom stereocenters. The average Bonchev–Trinajstić information content (AvgIpc) is 3.55. The molecule has 1 aliphatic heterocycles. The molecule has 0 radical (unpaired) electrons. The van der Waals surface area contributed by atoms with Crippen LogP contribution >= 0.6 is 0 Å². The lowest BCUT2D eigenvalue weighted by Crippen LogP contribution is -2.21. The van der Waals surface area contributed by atoms with Gasteiger partial charge < -0.3 is 9.47 Å². The molecule has 10 heteroatoms. The van der Waals surface area contributed by atoms with Crippen molar-refractivity contribution < 1.29 is 27.5 Å². The monoisotopic (exact) mass is 483 g/mol. The summed E-state index contributed by atoms with van der Waals surface area (Å²) in [6.45, 7) is 1.76. The lowest BCUT2D eigenvalue weighted by molar-refractivity contribution is -0.151. The number of hydrogen-bond acceptors (Lipinski definition) is 8. The van der Waals surface area contributed by atoms with E-state index in [4.69, 9.17) is 14.5 Å². The van der Waals surface area contributed by atoms with Crippen molar-refractivity contribution in [1.82, 2.24) is 14.8 Å². The van der Waals surface area contributed by atoms with E-state index < -0.39 is 27.9 Å². The van der Waals surface area contributed by atoms with E-state index in [1.165, 1.54) is 7.11 Å². The van der Waals surface area contributed by atoms with Crippen LogP contribution < -0.4 is 0 Å². The van der Waals surface area contributed by atoms with Crippen LogP contribution in [0.3, 0.4) is 0 Å². The van der Waals surface area contributed by atoms with E-state index in [0.717, 1.165) is 18.5 Å². The van der Waals surface area contributed by atoms with Crippen LogP contribution in [0.4, 0.5) is 0 Å². The van der Waals surface area contributed by atoms with E-state index in [1.54, 1.807) is 48.0 Å². The molecule has 2 fully saturated rings. The van der Waals surface area contributed by atoms with Gasteiger partial charge in [-0.1, -0.05) is 30.3 Å². The zero-order valence-corrected chi connectivity index (χ0v) is 19.7.